The standard InChI is InChI=1S/C19H27N5O/c20-19(22-11-9-16-7-2-3-10-21-16)23-15-17(18-8-6-14-25-18)24-12-4-1-5-13-24/h2-3,6-8,10,14,17H,1,4-5,9,11-13,15H2,(H3,20,22,23). The summed E-state index contributed by atoms with van der Waals surface area (Å²) in [6.45, 7) is 3.51. The van der Waals surface area contributed by atoms with Gasteiger partial charge in [0, 0.05) is 24.9 Å². The van der Waals surface area contributed by atoms with E-state index in [1.807, 2.05) is 30.3 Å². The molecule has 6 heteroatoms. The number of nitrogens with two attached hydrogens (primary N) is 1. The highest BCUT2D eigenvalue weighted by molar-refractivity contribution is 5.77. The van der Waals surface area contributed by atoms with Crippen LogP contribution in [-0.2, 0) is 6.42 Å². The fraction of sp³-hybridized carbons (Fsp3) is 0.474. The van der Waals surface area contributed by atoms with Gasteiger partial charge in [-0.15, -0.1) is 0 Å². The van der Waals surface area contributed by atoms with Crippen LogP contribution in [0, 0.1) is 0 Å². The van der Waals surface area contributed by atoms with Crippen molar-refractivity contribution in [1.29, 1.82) is 0 Å². The SMILES string of the molecule is NC(=NCC(c1ccco1)N1CCCCC1)NCCc1ccccn1. The summed E-state index contributed by atoms with van der Waals surface area (Å²) in [5.74, 6) is 1.44. The first-order chi connectivity index (χ1) is 12.3. The number of nitrogens with zero attached hydrogens (tertiary/aromatic N) is 3. The lowest BCUT2D eigenvalue weighted by Crippen LogP contribution is -2.37. The van der Waals surface area contributed by atoms with Crippen molar-refractivity contribution in [3.63, 3.8) is 0 Å². The van der Waals surface area contributed by atoms with Gasteiger partial charge in [0.2, 0.25) is 0 Å². The first-order valence-electron chi connectivity index (χ1n) is 9.04. The molecule has 134 valence electrons. The van der Waals surface area contributed by atoms with Crippen molar-refractivity contribution in [2.75, 3.05) is 26.2 Å². The minimum atomic E-state index is 0.159. The van der Waals surface area contributed by atoms with Gasteiger partial charge in [-0.3, -0.25) is 14.9 Å². The quantitative estimate of drug-likeness (QED) is 0.597. The smallest absolute Gasteiger partial charge is 0.188 e. The Kier molecular flexibility index (Phi) is 6.45. The Bertz CT molecular complexity index is 635. The van der Waals surface area contributed by atoms with Crippen LogP contribution in [0.2, 0.25) is 0 Å². The van der Waals surface area contributed by atoms with E-state index in [-0.39, 0.29) is 6.04 Å². The molecular weight excluding hydrogens is 314 g/mol. The molecule has 1 aliphatic rings. The number of rotatable bonds is 7. The Morgan fingerprint density at radius 3 is 2.84 bits per heavy atom. The van der Waals surface area contributed by atoms with Crippen LogP contribution < -0.4 is 11.1 Å². The van der Waals surface area contributed by atoms with E-state index < -0.39 is 0 Å². The van der Waals surface area contributed by atoms with Crippen LogP contribution in [0.1, 0.15) is 36.8 Å². The summed E-state index contributed by atoms with van der Waals surface area (Å²) < 4.78 is 5.64. The second-order valence-corrected chi connectivity index (χ2v) is 6.35. The van der Waals surface area contributed by atoms with Crippen LogP contribution in [0.15, 0.2) is 52.2 Å². The lowest BCUT2D eigenvalue weighted by molar-refractivity contribution is 0.150. The van der Waals surface area contributed by atoms with Crippen molar-refractivity contribution in [2.45, 2.75) is 31.7 Å². The third-order valence-corrected chi connectivity index (χ3v) is 4.55. The van der Waals surface area contributed by atoms with Gasteiger partial charge in [-0.25, -0.2) is 0 Å². The molecule has 2 aromatic heterocycles. The molecule has 3 N–H and O–H groups in total. The normalized spacial score (nSPS) is 17.4. The Morgan fingerprint density at radius 1 is 1.24 bits per heavy atom. The fourth-order valence-electron chi connectivity index (χ4n) is 3.20. The van der Waals surface area contributed by atoms with Gasteiger partial charge < -0.3 is 15.5 Å². The molecule has 3 heterocycles. The maximum Gasteiger partial charge on any atom is 0.188 e. The molecule has 0 bridgehead atoms. The highest BCUT2D eigenvalue weighted by atomic mass is 16.3. The third kappa shape index (κ3) is 5.32. The molecule has 1 aliphatic heterocycles. The Labute approximate surface area is 149 Å². The number of piperidine rings is 1. The van der Waals surface area contributed by atoms with Gasteiger partial charge in [0.05, 0.1) is 18.8 Å². The van der Waals surface area contributed by atoms with E-state index in [2.05, 4.69) is 20.2 Å². The molecule has 6 nitrogen and oxygen atoms in total. The fourth-order valence-corrected chi connectivity index (χ4v) is 3.20. The number of hydrogen-bond donors (Lipinski definition) is 2. The highest BCUT2D eigenvalue weighted by Gasteiger charge is 2.24. The van der Waals surface area contributed by atoms with E-state index in [0.717, 1.165) is 37.5 Å². The van der Waals surface area contributed by atoms with Gasteiger partial charge in [-0.2, -0.15) is 0 Å². The van der Waals surface area contributed by atoms with Gasteiger partial charge in [0.1, 0.15) is 5.76 Å². The molecule has 3 rings (SSSR count). The number of aromatic nitrogens is 1. The van der Waals surface area contributed by atoms with Gasteiger partial charge >= 0.3 is 0 Å². The van der Waals surface area contributed by atoms with Crippen molar-refractivity contribution in [3.8, 4) is 0 Å². The zero-order valence-corrected chi connectivity index (χ0v) is 14.6. The predicted octanol–water partition coefficient (Wildman–Crippen LogP) is 2.35. The molecule has 25 heavy (non-hydrogen) atoms. The molecular formula is C19H27N5O. The Hall–Kier alpha value is -2.34. The Balaban J connectivity index is 1.53. The first-order valence-corrected chi connectivity index (χ1v) is 9.04. The van der Waals surface area contributed by atoms with Gasteiger partial charge in [0.15, 0.2) is 5.96 Å². The molecule has 0 spiro atoms. The van der Waals surface area contributed by atoms with Crippen LogP contribution in [-0.4, -0.2) is 42.0 Å². The van der Waals surface area contributed by atoms with E-state index in [0.29, 0.717) is 12.5 Å². The summed E-state index contributed by atoms with van der Waals surface area (Å²) in [5, 5.41) is 3.17. The zero-order valence-electron chi connectivity index (χ0n) is 14.6. The molecule has 1 fully saturated rings. The van der Waals surface area contributed by atoms with Crippen LogP contribution in [0.5, 0.6) is 0 Å². The topological polar surface area (TPSA) is 79.7 Å². The van der Waals surface area contributed by atoms with E-state index >= 15 is 0 Å². The minimum Gasteiger partial charge on any atom is -0.468 e. The zero-order chi connectivity index (χ0) is 17.3. The summed E-state index contributed by atoms with van der Waals surface area (Å²) >= 11 is 0. The third-order valence-electron chi connectivity index (χ3n) is 4.55. The number of hydrogen-bond acceptors (Lipinski definition) is 4. The van der Waals surface area contributed by atoms with Crippen molar-refractivity contribution in [3.05, 3.63) is 54.2 Å². The number of furan rings is 1. The van der Waals surface area contributed by atoms with E-state index in [1.54, 1.807) is 12.5 Å². The number of nitrogens with one attached hydrogen (secondary N) is 1. The molecule has 2 aromatic rings. The summed E-state index contributed by atoms with van der Waals surface area (Å²) in [4.78, 5) is 11.3. The maximum atomic E-state index is 6.04. The average Bonchev–Trinajstić information content (AvgIpc) is 3.18. The molecule has 1 unspecified atom stereocenters. The molecule has 0 saturated carbocycles. The van der Waals surface area contributed by atoms with E-state index in [1.165, 1.54) is 19.3 Å². The van der Waals surface area contributed by atoms with Crippen LogP contribution in [0.4, 0.5) is 0 Å². The maximum absolute atomic E-state index is 6.04. The number of guanidine groups is 1. The van der Waals surface area contributed by atoms with E-state index in [9.17, 15) is 0 Å². The molecule has 0 radical (unpaired) electrons. The highest BCUT2D eigenvalue weighted by Crippen LogP contribution is 2.25. The van der Waals surface area contributed by atoms with Crippen LogP contribution >= 0.6 is 0 Å². The van der Waals surface area contributed by atoms with Crippen molar-refractivity contribution >= 4 is 5.96 Å². The molecule has 0 aliphatic carbocycles. The number of aliphatic imine (C=N–C) groups is 1. The van der Waals surface area contributed by atoms with Gasteiger partial charge in [0.25, 0.3) is 0 Å². The molecule has 0 aromatic carbocycles. The lowest BCUT2D eigenvalue weighted by Gasteiger charge is -2.32. The number of pyridine rings is 1. The minimum absolute atomic E-state index is 0.159. The van der Waals surface area contributed by atoms with E-state index in [4.69, 9.17) is 10.2 Å². The second-order valence-electron chi connectivity index (χ2n) is 6.35. The summed E-state index contributed by atoms with van der Waals surface area (Å²) in [5.41, 5.74) is 7.08. The summed E-state index contributed by atoms with van der Waals surface area (Å²) in [6.07, 6.45) is 8.13. The van der Waals surface area contributed by atoms with Crippen molar-refractivity contribution in [1.82, 2.24) is 15.2 Å². The number of likely N-dealkylation sites (tertiary alicyclic amines) is 1. The van der Waals surface area contributed by atoms with Gasteiger partial charge in [-0.1, -0.05) is 12.5 Å². The monoisotopic (exact) mass is 341 g/mol. The lowest BCUT2D eigenvalue weighted by atomic mass is 10.1. The molecule has 0 amide bonds. The van der Waals surface area contributed by atoms with Crippen molar-refractivity contribution in [2.24, 2.45) is 10.7 Å². The molecule has 1 saturated heterocycles. The largest absolute Gasteiger partial charge is 0.468 e. The van der Waals surface area contributed by atoms with Crippen LogP contribution in [0.3, 0.4) is 0 Å². The van der Waals surface area contributed by atoms with Crippen molar-refractivity contribution < 1.29 is 4.42 Å². The molecule has 1 atom stereocenters. The Morgan fingerprint density at radius 2 is 2.12 bits per heavy atom. The summed E-state index contributed by atoms with van der Waals surface area (Å²) in [7, 11) is 0. The summed E-state index contributed by atoms with van der Waals surface area (Å²) in [6, 6.07) is 10.0. The predicted molar refractivity (Wildman–Crippen MR) is 99.3 cm³/mol. The van der Waals surface area contributed by atoms with Gasteiger partial charge in [-0.05, 0) is 50.2 Å². The first kappa shape index (κ1) is 17.5. The second kappa shape index (κ2) is 9.22. The average molecular weight is 341 g/mol. The van der Waals surface area contributed by atoms with Crippen LogP contribution in [0.25, 0.3) is 0 Å².